The second kappa shape index (κ2) is 5.05. The average molecular weight is 221 g/mol. The Morgan fingerprint density at radius 1 is 1.44 bits per heavy atom. The van der Waals surface area contributed by atoms with Gasteiger partial charge in [-0.1, -0.05) is 11.6 Å². The van der Waals surface area contributed by atoms with E-state index in [0.717, 1.165) is 13.0 Å². The molecule has 1 heterocycles. The number of anilines is 1. The molecule has 0 bridgehead atoms. The van der Waals surface area contributed by atoms with Gasteiger partial charge in [-0.05, 0) is 32.6 Å². The summed E-state index contributed by atoms with van der Waals surface area (Å²) in [6, 6.07) is 0. The topological polar surface area (TPSA) is 37.8 Å². The van der Waals surface area contributed by atoms with Crippen LogP contribution in [0.4, 0.5) is 10.2 Å². The monoisotopic (exact) mass is 221 g/mol. The first-order chi connectivity index (χ1) is 7.77. The van der Waals surface area contributed by atoms with Gasteiger partial charge in [0, 0.05) is 6.54 Å². The van der Waals surface area contributed by atoms with Crippen LogP contribution >= 0.6 is 0 Å². The number of allylic oxidation sites excluding steroid dienone is 1. The predicted octanol–water partition coefficient (Wildman–Crippen LogP) is 2.84. The van der Waals surface area contributed by atoms with Crippen LogP contribution in [0.3, 0.4) is 0 Å². The quantitative estimate of drug-likeness (QED) is 0.794. The molecule has 1 aliphatic rings. The molecule has 4 heteroatoms. The van der Waals surface area contributed by atoms with E-state index in [1.807, 2.05) is 0 Å². The first-order valence-corrected chi connectivity index (χ1v) is 5.66. The molecule has 0 radical (unpaired) electrons. The number of aryl methyl sites for hydroxylation is 1. The minimum atomic E-state index is -0.345. The summed E-state index contributed by atoms with van der Waals surface area (Å²) in [5.41, 5.74) is 1.86. The van der Waals surface area contributed by atoms with Crippen molar-refractivity contribution in [1.29, 1.82) is 0 Å². The zero-order chi connectivity index (χ0) is 11.4. The highest BCUT2D eigenvalue weighted by Crippen LogP contribution is 2.20. The van der Waals surface area contributed by atoms with Gasteiger partial charge in [0.2, 0.25) is 0 Å². The van der Waals surface area contributed by atoms with Gasteiger partial charge in [0.05, 0.1) is 5.69 Å². The lowest BCUT2D eigenvalue weighted by Crippen LogP contribution is -2.07. The first kappa shape index (κ1) is 11.0. The second-order valence-electron chi connectivity index (χ2n) is 4.05. The van der Waals surface area contributed by atoms with Gasteiger partial charge in [0.1, 0.15) is 6.33 Å². The summed E-state index contributed by atoms with van der Waals surface area (Å²) in [6.45, 7) is 2.38. The van der Waals surface area contributed by atoms with E-state index in [-0.39, 0.29) is 5.82 Å². The fourth-order valence-corrected chi connectivity index (χ4v) is 1.89. The van der Waals surface area contributed by atoms with E-state index in [9.17, 15) is 4.39 Å². The normalized spacial score (nSPS) is 15.0. The number of hydrogen-bond acceptors (Lipinski definition) is 3. The third-order valence-electron chi connectivity index (χ3n) is 2.84. The van der Waals surface area contributed by atoms with Gasteiger partial charge in [0.25, 0.3) is 0 Å². The number of halogens is 1. The predicted molar refractivity (Wildman–Crippen MR) is 61.8 cm³/mol. The van der Waals surface area contributed by atoms with E-state index < -0.39 is 0 Å². The summed E-state index contributed by atoms with van der Waals surface area (Å²) in [7, 11) is 0. The molecule has 3 nitrogen and oxygen atoms in total. The lowest BCUT2D eigenvalue weighted by molar-refractivity contribution is 0.604. The largest absolute Gasteiger partial charge is 0.367 e. The number of rotatable bonds is 4. The molecule has 1 aromatic heterocycles. The van der Waals surface area contributed by atoms with Gasteiger partial charge in [0.15, 0.2) is 11.6 Å². The third-order valence-corrected chi connectivity index (χ3v) is 2.84. The number of nitrogens with one attached hydrogen (secondary N) is 1. The van der Waals surface area contributed by atoms with Gasteiger partial charge in [-0.3, -0.25) is 0 Å². The molecule has 1 aromatic rings. The molecular formula is C12H16FN3. The molecule has 0 aromatic carbocycles. The summed E-state index contributed by atoms with van der Waals surface area (Å²) in [6.07, 6.45) is 8.28. The fraction of sp³-hybridized carbons (Fsp3) is 0.500. The van der Waals surface area contributed by atoms with Crippen molar-refractivity contribution >= 4 is 5.82 Å². The van der Waals surface area contributed by atoms with Gasteiger partial charge in [-0.15, -0.1) is 0 Å². The molecule has 86 valence electrons. The third kappa shape index (κ3) is 2.56. The first-order valence-electron chi connectivity index (χ1n) is 5.66. The molecule has 0 fully saturated rings. The highest BCUT2D eigenvalue weighted by atomic mass is 19.1. The summed E-state index contributed by atoms with van der Waals surface area (Å²) < 4.78 is 13.5. The molecule has 0 aliphatic heterocycles. The maximum absolute atomic E-state index is 13.5. The van der Waals surface area contributed by atoms with Crippen LogP contribution in [0.15, 0.2) is 18.0 Å². The molecule has 0 saturated heterocycles. The van der Waals surface area contributed by atoms with Crippen molar-refractivity contribution in [3.8, 4) is 0 Å². The van der Waals surface area contributed by atoms with Crippen LogP contribution in [0, 0.1) is 12.7 Å². The highest BCUT2D eigenvalue weighted by molar-refractivity contribution is 5.36. The molecule has 0 saturated carbocycles. The summed E-state index contributed by atoms with van der Waals surface area (Å²) in [4.78, 5) is 7.67. The molecule has 16 heavy (non-hydrogen) atoms. The number of hydrogen-bond donors (Lipinski definition) is 1. The van der Waals surface area contributed by atoms with Gasteiger partial charge >= 0.3 is 0 Å². The van der Waals surface area contributed by atoms with E-state index in [4.69, 9.17) is 0 Å². The molecule has 0 unspecified atom stereocenters. The van der Waals surface area contributed by atoms with Crippen molar-refractivity contribution in [3.63, 3.8) is 0 Å². The Balaban J connectivity index is 1.87. The Kier molecular flexibility index (Phi) is 3.49. The van der Waals surface area contributed by atoms with E-state index >= 15 is 0 Å². The SMILES string of the molecule is Cc1ncnc(NCCC2=CCCC2)c1F. The zero-order valence-corrected chi connectivity index (χ0v) is 9.46. The molecule has 0 amide bonds. The van der Waals surface area contributed by atoms with E-state index in [1.54, 1.807) is 6.92 Å². The Labute approximate surface area is 94.8 Å². The summed E-state index contributed by atoms with van der Waals surface area (Å²) >= 11 is 0. The van der Waals surface area contributed by atoms with Gasteiger partial charge in [-0.25, -0.2) is 14.4 Å². The fourth-order valence-electron chi connectivity index (χ4n) is 1.89. The van der Waals surface area contributed by atoms with E-state index in [0.29, 0.717) is 11.5 Å². The molecular weight excluding hydrogens is 205 g/mol. The van der Waals surface area contributed by atoms with Crippen molar-refractivity contribution in [2.24, 2.45) is 0 Å². The summed E-state index contributed by atoms with van der Waals surface area (Å²) in [5, 5.41) is 3.01. The molecule has 0 atom stereocenters. The maximum atomic E-state index is 13.5. The van der Waals surface area contributed by atoms with Crippen LogP contribution in [0.25, 0.3) is 0 Å². The minimum Gasteiger partial charge on any atom is -0.367 e. The minimum absolute atomic E-state index is 0.311. The molecule has 1 aliphatic carbocycles. The number of aromatic nitrogens is 2. The Hall–Kier alpha value is -1.45. The summed E-state index contributed by atoms with van der Waals surface area (Å²) in [5.74, 6) is -0.0333. The van der Waals surface area contributed by atoms with Crippen LogP contribution < -0.4 is 5.32 Å². The van der Waals surface area contributed by atoms with Crippen molar-refractivity contribution in [3.05, 3.63) is 29.5 Å². The average Bonchev–Trinajstić information content (AvgIpc) is 2.77. The molecule has 2 rings (SSSR count). The zero-order valence-electron chi connectivity index (χ0n) is 9.46. The second-order valence-corrected chi connectivity index (χ2v) is 4.05. The van der Waals surface area contributed by atoms with Crippen LogP contribution in [0.1, 0.15) is 31.4 Å². The Morgan fingerprint density at radius 3 is 3.06 bits per heavy atom. The maximum Gasteiger partial charge on any atom is 0.186 e. The Morgan fingerprint density at radius 2 is 2.31 bits per heavy atom. The van der Waals surface area contributed by atoms with Crippen molar-refractivity contribution in [2.45, 2.75) is 32.6 Å². The molecule has 1 N–H and O–H groups in total. The van der Waals surface area contributed by atoms with Crippen molar-refractivity contribution in [1.82, 2.24) is 9.97 Å². The van der Waals surface area contributed by atoms with Crippen LogP contribution in [-0.4, -0.2) is 16.5 Å². The lowest BCUT2D eigenvalue weighted by atomic mass is 10.2. The Bertz CT molecular complexity index is 401. The molecule has 0 spiro atoms. The standard InChI is InChI=1S/C12H16FN3/c1-9-11(13)12(16-8-15-9)14-7-6-10-4-2-3-5-10/h4,8H,2-3,5-7H2,1H3,(H,14,15,16). The van der Waals surface area contributed by atoms with Gasteiger partial charge in [-0.2, -0.15) is 0 Å². The smallest absolute Gasteiger partial charge is 0.186 e. The van der Waals surface area contributed by atoms with Crippen LogP contribution in [0.5, 0.6) is 0 Å². The van der Waals surface area contributed by atoms with E-state index in [1.165, 1.54) is 31.2 Å². The highest BCUT2D eigenvalue weighted by Gasteiger charge is 2.08. The number of nitrogens with zero attached hydrogens (tertiary/aromatic N) is 2. The van der Waals surface area contributed by atoms with Crippen molar-refractivity contribution < 1.29 is 4.39 Å². The van der Waals surface area contributed by atoms with Gasteiger partial charge < -0.3 is 5.32 Å². The van der Waals surface area contributed by atoms with Crippen molar-refractivity contribution in [2.75, 3.05) is 11.9 Å². The van der Waals surface area contributed by atoms with Crippen LogP contribution in [0.2, 0.25) is 0 Å². The van der Waals surface area contributed by atoms with E-state index in [2.05, 4.69) is 21.4 Å². The lowest BCUT2D eigenvalue weighted by Gasteiger charge is -2.07. The van der Waals surface area contributed by atoms with Crippen LogP contribution in [-0.2, 0) is 0 Å².